The molecule has 0 N–H and O–H groups in total. The number of rotatable bonds is 2. The van der Waals surface area contributed by atoms with Crippen LogP contribution in [0.15, 0.2) is 77.3 Å². The molecule has 0 fully saturated rings. The van der Waals surface area contributed by atoms with E-state index in [1.54, 1.807) is 6.07 Å². The zero-order valence-corrected chi connectivity index (χ0v) is 20.9. The van der Waals surface area contributed by atoms with Gasteiger partial charge in [0.1, 0.15) is 0 Å². The van der Waals surface area contributed by atoms with Crippen LogP contribution < -0.4 is 4.57 Å². The molecule has 0 unspecified atom stereocenters. The standard InChI is InChI=1S/C29H28GeNO/c1-19-14-15-24-23-12-8-11-22(21-10-7-9-20-17-30(2,3)18-25(20)21)28(23)32-29(24)27(19)26-13-5-6-16-31(26)4/h5-16H,17-18H2,1-4H3/q+1/i17D2,18D2. The number of para-hydroxylation sites is 1. The van der Waals surface area contributed by atoms with Gasteiger partial charge in [-0.2, -0.15) is 0 Å². The topological polar surface area (TPSA) is 17.0 Å². The van der Waals surface area contributed by atoms with Crippen molar-refractivity contribution in [2.24, 2.45) is 7.05 Å². The Bertz CT molecular complexity index is 1700. The molecule has 3 heterocycles. The first-order valence-electron chi connectivity index (χ1n) is 13.0. The number of aromatic nitrogens is 1. The molecule has 3 aromatic carbocycles. The van der Waals surface area contributed by atoms with E-state index in [2.05, 4.69) is 29.7 Å². The summed E-state index contributed by atoms with van der Waals surface area (Å²) in [6, 6.07) is 21.9. The minimum atomic E-state index is -3.62. The van der Waals surface area contributed by atoms with Crippen molar-refractivity contribution in [3.8, 4) is 22.4 Å². The minimum absolute atomic E-state index is 0.496. The number of furan rings is 1. The van der Waals surface area contributed by atoms with E-state index in [1.165, 1.54) is 0 Å². The van der Waals surface area contributed by atoms with Gasteiger partial charge in [0.05, 0.1) is 0 Å². The van der Waals surface area contributed by atoms with E-state index in [-0.39, 0.29) is 0 Å². The Morgan fingerprint density at radius 2 is 1.62 bits per heavy atom. The van der Waals surface area contributed by atoms with Gasteiger partial charge in [-0.05, 0) is 0 Å². The summed E-state index contributed by atoms with van der Waals surface area (Å²) in [6.45, 7) is 2.09. The molecule has 0 aliphatic carbocycles. The number of hydrogen-bond donors (Lipinski definition) is 0. The Kier molecular flexibility index (Phi) is 3.51. The summed E-state index contributed by atoms with van der Waals surface area (Å²) in [5.74, 6) is 3.72. The molecule has 5 aromatic rings. The molecule has 2 aromatic heterocycles. The first-order valence-corrected chi connectivity index (χ1v) is 17.3. The molecule has 2 nitrogen and oxygen atoms in total. The summed E-state index contributed by atoms with van der Waals surface area (Å²) < 4.78 is 44.8. The fourth-order valence-electron chi connectivity index (χ4n) is 4.97. The third-order valence-corrected chi connectivity index (χ3v) is 10.1. The SMILES string of the molecule is [2H][C]1([2H])c2cccc(-c3cccc4c3oc3c(-c5cccc[n+]5C)c(C)ccc34)c2[C]([2H])([2H])[Ge]1([CH3])[CH3]. The van der Waals surface area contributed by atoms with Crippen molar-refractivity contribution in [3.63, 3.8) is 0 Å². The van der Waals surface area contributed by atoms with Crippen molar-refractivity contribution in [1.82, 2.24) is 0 Å². The molecule has 0 amide bonds. The van der Waals surface area contributed by atoms with Crippen LogP contribution >= 0.6 is 0 Å². The van der Waals surface area contributed by atoms with E-state index >= 15 is 0 Å². The molecule has 6 rings (SSSR count). The van der Waals surface area contributed by atoms with Crippen molar-refractivity contribution in [1.29, 1.82) is 0 Å². The normalized spacial score (nSPS) is 19.9. The zero-order chi connectivity index (χ0) is 25.6. The van der Waals surface area contributed by atoms with Crippen LogP contribution in [0, 0.1) is 6.92 Å². The molecular weight excluding hydrogens is 451 g/mol. The Morgan fingerprint density at radius 3 is 2.47 bits per heavy atom. The van der Waals surface area contributed by atoms with E-state index in [0.717, 1.165) is 44.3 Å². The van der Waals surface area contributed by atoms with Crippen LogP contribution in [0.25, 0.3) is 44.3 Å². The Hall–Kier alpha value is -2.85. The summed E-state index contributed by atoms with van der Waals surface area (Å²) in [6.07, 6.45) is 2.03. The van der Waals surface area contributed by atoms with Crippen molar-refractivity contribution in [2.45, 2.75) is 28.8 Å². The average Bonchev–Trinajstić information content (AvgIpc) is 3.26. The van der Waals surface area contributed by atoms with Crippen LogP contribution in [0.2, 0.25) is 11.5 Å². The van der Waals surface area contributed by atoms with Crippen LogP contribution in [0.1, 0.15) is 22.2 Å². The summed E-state index contributed by atoms with van der Waals surface area (Å²) in [5.41, 5.74) is 7.26. The van der Waals surface area contributed by atoms with Crippen molar-refractivity contribution < 1.29 is 14.5 Å². The number of aryl methyl sites for hydroxylation is 2. The molecule has 32 heavy (non-hydrogen) atoms. The number of fused-ring (bicyclic) bond motifs is 4. The Labute approximate surface area is 197 Å². The predicted molar refractivity (Wildman–Crippen MR) is 135 cm³/mol. The van der Waals surface area contributed by atoms with Gasteiger partial charge in [-0.3, -0.25) is 0 Å². The third kappa shape index (κ3) is 2.96. The van der Waals surface area contributed by atoms with Gasteiger partial charge < -0.3 is 0 Å². The number of pyridine rings is 1. The molecule has 1 aliphatic rings. The molecule has 0 atom stereocenters. The van der Waals surface area contributed by atoms with E-state index < -0.39 is 23.7 Å². The fourth-order valence-corrected chi connectivity index (χ4v) is 8.83. The number of nitrogens with zero attached hydrogens (tertiary/aromatic N) is 1. The van der Waals surface area contributed by atoms with Crippen molar-refractivity contribution in [3.05, 3.63) is 89.6 Å². The molecule has 3 heteroatoms. The van der Waals surface area contributed by atoms with Crippen molar-refractivity contribution >= 4 is 35.2 Å². The maximum absolute atomic E-state index is 9.11. The summed E-state index contributed by atoms with van der Waals surface area (Å²) in [4.78, 5) is 0. The van der Waals surface area contributed by atoms with Gasteiger partial charge in [-0.25, -0.2) is 0 Å². The Morgan fingerprint density at radius 1 is 0.844 bits per heavy atom. The van der Waals surface area contributed by atoms with E-state index in [9.17, 15) is 0 Å². The molecule has 0 radical (unpaired) electrons. The second kappa shape index (κ2) is 7.08. The van der Waals surface area contributed by atoms with E-state index in [0.29, 0.717) is 16.7 Å². The summed E-state index contributed by atoms with van der Waals surface area (Å²) >= 11 is -3.62. The molecule has 1 aliphatic heterocycles. The van der Waals surface area contributed by atoms with E-state index in [1.807, 2.05) is 67.2 Å². The molecule has 0 saturated heterocycles. The number of benzene rings is 3. The van der Waals surface area contributed by atoms with Crippen LogP contribution in [0.5, 0.6) is 0 Å². The zero-order valence-electron chi connectivity index (χ0n) is 22.8. The summed E-state index contributed by atoms with van der Waals surface area (Å²) in [5, 5.41) is -1.31. The van der Waals surface area contributed by atoms with Gasteiger partial charge in [0, 0.05) is 0 Å². The molecular formula is C29H28GeNO+. The fraction of sp³-hybridized carbons (Fsp3) is 0.207. The van der Waals surface area contributed by atoms with Gasteiger partial charge in [0.15, 0.2) is 0 Å². The molecule has 0 bridgehead atoms. The van der Waals surface area contributed by atoms with Crippen LogP contribution in [-0.2, 0) is 17.5 Å². The van der Waals surface area contributed by atoms with Gasteiger partial charge in [-0.15, -0.1) is 0 Å². The van der Waals surface area contributed by atoms with Gasteiger partial charge in [0.25, 0.3) is 0 Å². The number of hydrogen-bond acceptors (Lipinski definition) is 1. The van der Waals surface area contributed by atoms with Gasteiger partial charge >= 0.3 is 198 Å². The predicted octanol–water partition coefficient (Wildman–Crippen LogP) is 6.94. The van der Waals surface area contributed by atoms with Crippen LogP contribution in [0.3, 0.4) is 0 Å². The summed E-state index contributed by atoms with van der Waals surface area (Å²) in [7, 11) is 2.03. The van der Waals surface area contributed by atoms with E-state index in [4.69, 9.17) is 9.90 Å². The monoisotopic (exact) mass is 484 g/mol. The maximum atomic E-state index is 9.11. The van der Waals surface area contributed by atoms with Gasteiger partial charge in [-0.1, -0.05) is 0 Å². The van der Waals surface area contributed by atoms with Crippen LogP contribution in [0.4, 0.5) is 0 Å². The molecule has 0 saturated carbocycles. The van der Waals surface area contributed by atoms with Gasteiger partial charge in [0.2, 0.25) is 0 Å². The quantitative estimate of drug-likeness (QED) is 0.197. The second-order valence-corrected chi connectivity index (χ2v) is 17.1. The Balaban J connectivity index is 1.70. The van der Waals surface area contributed by atoms with Crippen molar-refractivity contribution in [2.75, 3.05) is 0 Å². The third-order valence-electron chi connectivity index (χ3n) is 6.43. The van der Waals surface area contributed by atoms with Crippen LogP contribution in [-0.4, -0.2) is 13.3 Å². The molecule has 0 spiro atoms. The first kappa shape index (κ1) is 15.9. The molecule has 158 valence electrons. The second-order valence-electron chi connectivity index (χ2n) is 9.22. The first-order chi connectivity index (χ1) is 17.0. The average molecular weight is 483 g/mol.